The van der Waals surface area contributed by atoms with Crippen LogP contribution in [0.2, 0.25) is 0 Å². The lowest BCUT2D eigenvalue weighted by Gasteiger charge is -2.17. The summed E-state index contributed by atoms with van der Waals surface area (Å²) in [6.45, 7) is 7.17. The largest absolute Gasteiger partial charge is 0.377 e. The van der Waals surface area contributed by atoms with Crippen LogP contribution in [-0.4, -0.2) is 30.8 Å². The van der Waals surface area contributed by atoms with Crippen LogP contribution in [0.1, 0.15) is 38.7 Å². The SMILES string of the molecule is CCCC(CNCC)OCCCc1ccncc1. The third-order valence-corrected chi connectivity index (χ3v) is 2.95. The minimum absolute atomic E-state index is 0.368. The van der Waals surface area contributed by atoms with Gasteiger partial charge in [0, 0.05) is 25.5 Å². The van der Waals surface area contributed by atoms with Crippen molar-refractivity contribution in [3.63, 3.8) is 0 Å². The summed E-state index contributed by atoms with van der Waals surface area (Å²) in [6, 6.07) is 4.14. The summed E-state index contributed by atoms with van der Waals surface area (Å²) in [5.74, 6) is 0. The van der Waals surface area contributed by atoms with Gasteiger partial charge in [-0.15, -0.1) is 0 Å². The fourth-order valence-corrected chi connectivity index (χ4v) is 1.95. The van der Waals surface area contributed by atoms with Gasteiger partial charge in [-0.25, -0.2) is 0 Å². The number of rotatable bonds is 10. The average Bonchev–Trinajstić information content (AvgIpc) is 2.42. The molecule has 0 saturated heterocycles. The summed E-state index contributed by atoms with van der Waals surface area (Å²) in [4.78, 5) is 4.02. The number of nitrogens with one attached hydrogen (secondary N) is 1. The molecule has 18 heavy (non-hydrogen) atoms. The Morgan fingerprint density at radius 2 is 2.06 bits per heavy atom. The van der Waals surface area contributed by atoms with Crippen molar-refractivity contribution < 1.29 is 4.74 Å². The predicted molar refractivity (Wildman–Crippen MR) is 75.7 cm³/mol. The predicted octanol–water partition coefficient (Wildman–Crippen LogP) is 2.81. The second kappa shape index (κ2) is 10.0. The topological polar surface area (TPSA) is 34.1 Å². The molecule has 0 spiro atoms. The first kappa shape index (κ1) is 15.1. The van der Waals surface area contributed by atoms with Crippen LogP contribution in [0.3, 0.4) is 0 Å². The molecule has 1 aromatic rings. The van der Waals surface area contributed by atoms with Crippen molar-refractivity contribution in [2.45, 2.75) is 45.6 Å². The molecule has 1 rings (SSSR count). The van der Waals surface area contributed by atoms with Gasteiger partial charge in [0.05, 0.1) is 6.10 Å². The Labute approximate surface area is 111 Å². The van der Waals surface area contributed by atoms with Crippen molar-refractivity contribution in [3.05, 3.63) is 30.1 Å². The summed E-state index contributed by atoms with van der Waals surface area (Å²) in [5, 5.41) is 3.36. The van der Waals surface area contributed by atoms with Gasteiger partial charge in [-0.05, 0) is 43.5 Å². The second-order valence-electron chi connectivity index (χ2n) is 4.55. The molecule has 0 aliphatic heterocycles. The number of ether oxygens (including phenoxy) is 1. The highest BCUT2D eigenvalue weighted by Crippen LogP contribution is 2.05. The molecular weight excluding hydrogens is 224 g/mol. The molecule has 0 saturated carbocycles. The van der Waals surface area contributed by atoms with Crippen LogP contribution >= 0.6 is 0 Å². The molecule has 1 atom stereocenters. The zero-order chi connectivity index (χ0) is 13.1. The van der Waals surface area contributed by atoms with Crippen molar-refractivity contribution in [2.24, 2.45) is 0 Å². The van der Waals surface area contributed by atoms with Crippen LogP contribution < -0.4 is 5.32 Å². The van der Waals surface area contributed by atoms with E-state index >= 15 is 0 Å². The lowest BCUT2D eigenvalue weighted by atomic mass is 10.1. The fourth-order valence-electron chi connectivity index (χ4n) is 1.95. The third kappa shape index (κ3) is 6.72. The first-order chi connectivity index (χ1) is 8.86. The first-order valence-electron chi connectivity index (χ1n) is 7.08. The lowest BCUT2D eigenvalue weighted by Crippen LogP contribution is -2.29. The summed E-state index contributed by atoms with van der Waals surface area (Å²) >= 11 is 0. The Morgan fingerprint density at radius 1 is 1.28 bits per heavy atom. The van der Waals surface area contributed by atoms with E-state index in [9.17, 15) is 0 Å². The smallest absolute Gasteiger partial charge is 0.0699 e. The molecule has 0 amide bonds. The van der Waals surface area contributed by atoms with Crippen molar-refractivity contribution in [1.82, 2.24) is 10.3 Å². The van der Waals surface area contributed by atoms with Crippen LogP contribution in [0, 0.1) is 0 Å². The average molecular weight is 250 g/mol. The molecule has 0 radical (unpaired) electrons. The molecule has 0 aromatic carbocycles. The van der Waals surface area contributed by atoms with Crippen LogP contribution in [0.25, 0.3) is 0 Å². The third-order valence-electron chi connectivity index (χ3n) is 2.95. The van der Waals surface area contributed by atoms with Gasteiger partial charge in [0.25, 0.3) is 0 Å². The van der Waals surface area contributed by atoms with Gasteiger partial charge in [0.1, 0.15) is 0 Å². The molecule has 1 unspecified atom stereocenters. The monoisotopic (exact) mass is 250 g/mol. The van der Waals surface area contributed by atoms with E-state index in [1.54, 1.807) is 0 Å². The molecule has 0 aliphatic carbocycles. The van der Waals surface area contributed by atoms with E-state index in [-0.39, 0.29) is 0 Å². The molecule has 3 heteroatoms. The Balaban J connectivity index is 2.14. The molecule has 102 valence electrons. The quantitative estimate of drug-likeness (QED) is 0.648. The maximum Gasteiger partial charge on any atom is 0.0699 e. The van der Waals surface area contributed by atoms with Gasteiger partial charge < -0.3 is 10.1 Å². The Morgan fingerprint density at radius 3 is 2.72 bits per heavy atom. The molecule has 0 aliphatic rings. The minimum Gasteiger partial charge on any atom is -0.377 e. The number of aromatic nitrogens is 1. The number of likely N-dealkylation sites (N-methyl/N-ethyl adjacent to an activating group) is 1. The summed E-state index contributed by atoms with van der Waals surface area (Å²) < 4.78 is 5.93. The number of hydrogen-bond donors (Lipinski definition) is 1. The van der Waals surface area contributed by atoms with Crippen molar-refractivity contribution in [3.8, 4) is 0 Å². The Kier molecular flexibility index (Phi) is 8.43. The Hall–Kier alpha value is -0.930. The number of hydrogen-bond acceptors (Lipinski definition) is 3. The van der Waals surface area contributed by atoms with E-state index in [0.717, 1.165) is 39.0 Å². The molecule has 1 aromatic heterocycles. The van der Waals surface area contributed by atoms with Crippen LogP contribution in [0.4, 0.5) is 0 Å². The van der Waals surface area contributed by atoms with Gasteiger partial charge in [-0.2, -0.15) is 0 Å². The van der Waals surface area contributed by atoms with Gasteiger partial charge in [0.15, 0.2) is 0 Å². The van der Waals surface area contributed by atoms with E-state index in [2.05, 4.69) is 36.3 Å². The minimum atomic E-state index is 0.368. The van der Waals surface area contributed by atoms with Crippen molar-refractivity contribution in [2.75, 3.05) is 19.7 Å². The molecule has 3 nitrogen and oxygen atoms in total. The summed E-state index contributed by atoms with van der Waals surface area (Å²) in [5.41, 5.74) is 1.34. The van der Waals surface area contributed by atoms with Gasteiger partial charge >= 0.3 is 0 Å². The number of aryl methyl sites for hydroxylation is 1. The standard InChI is InChI=1S/C15H26N2O/c1-3-6-15(13-16-4-2)18-12-5-7-14-8-10-17-11-9-14/h8-11,15-16H,3-7,12-13H2,1-2H3. The highest BCUT2D eigenvalue weighted by Gasteiger charge is 2.06. The second-order valence-corrected chi connectivity index (χ2v) is 4.55. The molecule has 1 heterocycles. The van der Waals surface area contributed by atoms with E-state index in [4.69, 9.17) is 4.74 Å². The van der Waals surface area contributed by atoms with E-state index in [1.165, 1.54) is 12.0 Å². The van der Waals surface area contributed by atoms with Crippen LogP contribution in [0.5, 0.6) is 0 Å². The molecule has 1 N–H and O–H groups in total. The van der Waals surface area contributed by atoms with Gasteiger partial charge in [-0.3, -0.25) is 4.98 Å². The maximum absolute atomic E-state index is 5.93. The van der Waals surface area contributed by atoms with Crippen LogP contribution in [0.15, 0.2) is 24.5 Å². The maximum atomic E-state index is 5.93. The lowest BCUT2D eigenvalue weighted by molar-refractivity contribution is 0.0460. The van der Waals surface area contributed by atoms with Crippen LogP contribution in [-0.2, 0) is 11.2 Å². The number of pyridine rings is 1. The molecule has 0 bridgehead atoms. The molecular formula is C15H26N2O. The first-order valence-corrected chi connectivity index (χ1v) is 7.08. The fraction of sp³-hybridized carbons (Fsp3) is 0.667. The highest BCUT2D eigenvalue weighted by molar-refractivity contribution is 5.09. The van der Waals surface area contributed by atoms with Gasteiger partial charge in [0.2, 0.25) is 0 Å². The van der Waals surface area contributed by atoms with Crippen molar-refractivity contribution in [1.29, 1.82) is 0 Å². The normalized spacial score (nSPS) is 12.6. The Bertz CT molecular complexity index is 290. The summed E-state index contributed by atoms with van der Waals surface area (Å²) in [7, 11) is 0. The highest BCUT2D eigenvalue weighted by atomic mass is 16.5. The van der Waals surface area contributed by atoms with Gasteiger partial charge in [-0.1, -0.05) is 20.3 Å². The van der Waals surface area contributed by atoms with Crippen molar-refractivity contribution >= 4 is 0 Å². The zero-order valence-electron chi connectivity index (χ0n) is 11.7. The molecule has 0 fully saturated rings. The number of nitrogens with zero attached hydrogens (tertiary/aromatic N) is 1. The summed E-state index contributed by atoms with van der Waals surface area (Å²) in [6.07, 6.45) is 8.54. The van der Waals surface area contributed by atoms with E-state index < -0.39 is 0 Å². The van der Waals surface area contributed by atoms with E-state index in [1.807, 2.05) is 12.4 Å². The zero-order valence-corrected chi connectivity index (χ0v) is 11.7. The van der Waals surface area contributed by atoms with E-state index in [0.29, 0.717) is 6.10 Å².